The predicted molar refractivity (Wildman–Crippen MR) is 93.2 cm³/mol. The van der Waals surface area contributed by atoms with E-state index in [1.165, 1.54) is 16.9 Å². The van der Waals surface area contributed by atoms with Crippen LogP contribution in [0.1, 0.15) is 16.1 Å². The zero-order chi connectivity index (χ0) is 16.2. The predicted octanol–water partition coefficient (Wildman–Crippen LogP) is 4.38. The van der Waals surface area contributed by atoms with E-state index in [9.17, 15) is 4.79 Å². The van der Waals surface area contributed by atoms with Gasteiger partial charge in [0.15, 0.2) is 0 Å². The van der Waals surface area contributed by atoms with Crippen LogP contribution in [-0.4, -0.2) is 18.0 Å². The van der Waals surface area contributed by atoms with Crippen molar-refractivity contribution in [2.24, 2.45) is 0 Å². The number of amides is 1. The third-order valence-corrected chi connectivity index (χ3v) is 4.28. The molecule has 23 heavy (non-hydrogen) atoms. The van der Waals surface area contributed by atoms with Gasteiger partial charge in [-0.3, -0.25) is 4.79 Å². The number of carbonyl (C=O) groups is 1. The Labute approximate surface area is 138 Å². The summed E-state index contributed by atoms with van der Waals surface area (Å²) in [5.41, 5.74) is 3.23. The second-order valence-corrected chi connectivity index (χ2v) is 5.92. The van der Waals surface area contributed by atoms with Gasteiger partial charge in [0, 0.05) is 10.9 Å². The Balaban J connectivity index is 1.80. The van der Waals surface area contributed by atoms with Crippen molar-refractivity contribution in [1.29, 1.82) is 0 Å². The zero-order valence-corrected chi connectivity index (χ0v) is 13.7. The molecule has 3 aromatic rings. The van der Waals surface area contributed by atoms with Crippen LogP contribution in [0.2, 0.25) is 0 Å². The molecule has 5 heteroatoms. The molecule has 4 nitrogen and oxygen atoms in total. The second-order valence-electron chi connectivity index (χ2n) is 5.06. The van der Waals surface area contributed by atoms with Gasteiger partial charge in [-0.2, -0.15) is 0 Å². The lowest BCUT2D eigenvalue weighted by Crippen LogP contribution is -2.13. The van der Waals surface area contributed by atoms with Crippen LogP contribution in [0.4, 0.5) is 5.69 Å². The maximum Gasteiger partial charge on any atom is 0.275 e. The summed E-state index contributed by atoms with van der Waals surface area (Å²) in [4.78, 5) is 16.8. The number of benzene rings is 2. The van der Waals surface area contributed by atoms with E-state index in [0.717, 1.165) is 10.6 Å². The summed E-state index contributed by atoms with van der Waals surface area (Å²) in [6.07, 6.45) is 0. The smallest absolute Gasteiger partial charge is 0.275 e. The number of carbonyl (C=O) groups excluding carboxylic acids is 1. The molecule has 116 valence electrons. The summed E-state index contributed by atoms with van der Waals surface area (Å²) in [6.45, 7) is 2.04. The molecule has 1 N–H and O–H groups in total. The van der Waals surface area contributed by atoms with Crippen LogP contribution in [0.5, 0.6) is 5.75 Å². The highest BCUT2D eigenvalue weighted by atomic mass is 32.1. The van der Waals surface area contributed by atoms with E-state index in [1.54, 1.807) is 24.6 Å². The first-order valence-corrected chi connectivity index (χ1v) is 8.02. The van der Waals surface area contributed by atoms with Gasteiger partial charge >= 0.3 is 0 Å². The number of hydrogen-bond acceptors (Lipinski definition) is 4. The van der Waals surface area contributed by atoms with Crippen molar-refractivity contribution in [2.45, 2.75) is 6.92 Å². The van der Waals surface area contributed by atoms with E-state index in [4.69, 9.17) is 4.74 Å². The molecule has 0 aliphatic heterocycles. The summed E-state index contributed by atoms with van der Waals surface area (Å²) >= 11 is 1.45. The zero-order valence-electron chi connectivity index (χ0n) is 12.9. The molecule has 0 radical (unpaired) electrons. The molecule has 0 atom stereocenters. The van der Waals surface area contributed by atoms with Gasteiger partial charge in [0.05, 0.1) is 12.8 Å². The van der Waals surface area contributed by atoms with Gasteiger partial charge in [0.25, 0.3) is 5.91 Å². The largest absolute Gasteiger partial charge is 0.495 e. The molecule has 0 fully saturated rings. The number of nitrogens with one attached hydrogen (secondary N) is 1. The number of anilines is 1. The molecule has 0 aliphatic carbocycles. The van der Waals surface area contributed by atoms with E-state index in [1.807, 2.05) is 43.3 Å². The number of hydrogen-bond donors (Lipinski definition) is 1. The summed E-state index contributed by atoms with van der Waals surface area (Å²) in [5, 5.41) is 5.42. The van der Waals surface area contributed by atoms with Crippen LogP contribution in [0.3, 0.4) is 0 Å². The Morgan fingerprint density at radius 1 is 1.13 bits per heavy atom. The molecule has 0 saturated carbocycles. The lowest BCUT2D eigenvalue weighted by Gasteiger charge is -2.08. The highest BCUT2D eigenvalue weighted by Crippen LogP contribution is 2.26. The minimum atomic E-state index is -0.246. The Kier molecular flexibility index (Phi) is 4.39. The lowest BCUT2D eigenvalue weighted by molar-refractivity contribution is 0.102. The molecule has 1 heterocycles. The maximum atomic E-state index is 12.4. The van der Waals surface area contributed by atoms with Gasteiger partial charge in [-0.1, -0.05) is 42.0 Å². The first-order chi connectivity index (χ1) is 11.2. The lowest BCUT2D eigenvalue weighted by atomic mass is 10.2. The van der Waals surface area contributed by atoms with Crippen LogP contribution >= 0.6 is 11.3 Å². The Hall–Kier alpha value is -2.66. The summed E-state index contributed by atoms with van der Waals surface area (Å²) in [7, 11) is 1.57. The molecule has 0 spiro atoms. The van der Waals surface area contributed by atoms with Crippen molar-refractivity contribution < 1.29 is 9.53 Å². The van der Waals surface area contributed by atoms with Crippen molar-refractivity contribution in [3.63, 3.8) is 0 Å². The van der Waals surface area contributed by atoms with E-state index in [0.29, 0.717) is 17.1 Å². The number of methoxy groups -OCH3 is 1. The van der Waals surface area contributed by atoms with Crippen LogP contribution in [-0.2, 0) is 0 Å². The van der Waals surface area contributed by atoms with Gasteiger partial charge in [0.1, 0.15) is 16.5 Å². The minimum Gasteiger partial charge on any atom is -0.495 e. The topological polar surface area (TPSA) is 51.2 Å². The third kappa shape index (κ3) is 3.40. The van der Waals surface area contributed by atoms with Gasteiger partial charge < -0.3 is 10.1 Å². The first-order valence-electron chi connectivity index (χ1n) is 7.14. The quantitative estimate of drug-likeness (QED) is 0.775. The number of aryl methyl sites for hydroxylation is 1. The van der Waals surface area contributed by atoms with Gasteiger partial charge in [0.2, 0.25) is 0 Å². The van der Waals surface area contributed by atoms with Gasteiger partial charge in [-0.05, 0) is 19.1 Å². The van der Waals surface area contributed by atoms with E-state index >= 15 is 0 Å². The first kappa shape index (κ1) is 15.2. The Bertz CT molecular complexity index is 825. The number of thiazole rings is 1. The maximum absolute atomic E-state index is 12.4. The fourth-order valence-electron chi connectivity index (χ4n) is 2.14. The van der Waals surface area contributed by atoms with Gasteiger partial charge in [-0.15, -0.1) is 11.3 Å². The molecule has 2 aromatic carbocycles. The Morgan fingerprint density at radius 2 is 1.87 bits per heavy atom. The van der Waals surface area contributed by atoms with Crippen LogP contribution < -0.4 is 10.1 Å². The highest BCUT2D eigenvalue weighted by Gasteiger charge is 2.13. The molecule has 1 aromatic heterocycles. The number of para-hydroxylation sites is 2. The van der Waals surface area contributed by atoms with Crippen molar-refractivity contribution in [2.75, 3.05) is 12.4 Å². The Morgan fingerprint density at radius 3 is 2.61 bits per heavy atom. The number of ether oxygens (including phenoxy) is 1. The normalized spacial score (nSPS) is 10.3. The third-order valence-electron chi connectivity index (χ3n) is 3.39. The minimum absolute atomic E-state index is 0.246. The standard InChI is InChI=1S/C18H16N2O2S/c1-12-7-9-13(10-8-12)18-20-15(11-23-18)17(21)19-14-5-3-4-6-16(14)22-2/h3-11H,1-2H3,(H,19,21). The number of rotatable bonds is 4. The van der Waals surface area contributed by atoms with E-state index < -0.39 is 0 Å². The average Bonchev–Trinajstić information content (AvgIpc) is 3.06. The number of aromatic nitrogens is 1. The second kappa shape index (κ2) is 6.62. The summed E-state index contributed by atoms with van der Waals surface area (Å²) < 4.78 is 5.24. The van der Waals surface area contributed by atoms with Crippen molar-refractivity contribution in [3.05, 3.63) is 65.2 Å². The molecule has 3 rings (SSSR count). The van der Waals surface area contributed by atoms with Crippen LogP contribution in [0.15, 0.2) is 53.9 Å². The average molecular weight is 324 g/mol. The molecule has 0 bridgehead atoms. The molecule has 0 saturated heterocycles. The van der Waals surface area contributed by atoms with Gasteiger partial charge in [-0.25, -0.2) is 4.98 Å². The monoisotopic (exact) mass is 324 g/mol. The van der Waals surface area contributed by atoms with Crippen molar-refractivity contribution >= 4 is 22.9 Å². The van der Waals surface area contributed by atoms with Crippen molar-refractivity contribution in [1.82, 2.24) is 4.98 Å². The summed E-state index contributed by atoms with van der Waals surface area (Å²) in [5.74, 6) is 0.374. The molecule has 1 amide bonds. The molecular formula is C18H16N2O2S. The van der Waals surface area contributed by atoms with Crippen molar-refractivity contribution in [3.8, 4) is 16.3 Å². The number of nitrogens with zero attached hydrogens (tertiary/aromatic N) is 1. The van der Waals surface area contributed by atoms with E-state index in [2.05, 4.69) is 10.3 Å². The van der Waals surface area contributed by atoms with E-state index in [-0.39, 0.29) is 5.91 Å². The van der Waals surface area contributed by atoms with Crippen LogP contribution in [0.25, 0.3) is 10.6 Å². The fourth-order valence-corrected chi connectivity index (χ4v) is 2.95. The fraction of sp³-hybridized carbons (Fsp3) is 0.111. The van der Waals surface area contributed by atoms with Crippen LogP contribution in [0, 0.1) is 6.92 Å². The molecule has 0 unspecified atom stereocenters. The SMILES string of the molecule is COc1ccccc1NC(=O)c1csc(-c2ccc(C)cc2)n1. The molecule has 0 aliphatic rings. The highest BCUT2D eigenvalue weighted by molar-refractivity contribution is 7.13. The molecular weight excluding hydrogens is 308 g/mol. The summed E-state index contributed by atoms with van der Waals surface area (Å²) in [6, 6.07) is 15.4.